The number of hydrogen-bond acceptors (Lipinski definition) is 7. The van der Waals surface area contributed by atoms with Gasteiger partial charge in [0.05, 0.1) is 18.0 Å². The first-order chi connectivity index (χ1) is 14.1. The number of hydrogen-bond donors (Lipinski definition) is 1. The van der Waals surface area contributed by atoms with Crippen LogP contribution >= 0.6 is 0 Å². The topological polar surface area (TPSA) is 94.5 Å². The Bertz CT molecular complexity index is 944. The lowest BCUT2D eigenvalue weighted by molar-refractivity contribution is -0.146. The van der Waals surface area contributed by atoms with Gasteiger partial charge in [-0.2, -0.15) is 4.99 Å². The molecule has 0 aliphatic carbocycles. The van der Waals surface area contributed by atoms with Crippen LogP contribution in [0.25, 0.3) is 0 Å². The lowest BCUT2D eigenvalue weighted by Crippen LogP contribution is -2.80. The number of likely N-dealkylation sites (N-methyl/N-ethyl adjacent to an activating group) is 3. The Balaban J connectivity index is 2.28. The molecule has 9 heteroatoms. The molecule has 30 heavy (non-hydrogen) atoms. The van der Waals surface area contributed by atoms with Crippen molar-refractivity contribution in [3.63, 3.8) is 0 Å². The summed E-state index contributed by atoms with van der Waals surface area (Å²) in [7, 11) is 3.17. The fourth-order valence-corrected chi connectivity index (χ4v) is 4.04. The molecule has 2 atom stereocenters. The minimum Gasteiger partial charge on any atom is -0.465 e. The molecule has 0 saturated heterocycles. The molecule has 2 heterocycles. The van der Waals surface area contributed by atoms with Gasteiger partial charge in [0.1, 0.15) is 6.04 Å². The van der Waals surface area contributed by atoms with Gasteiger partial charge < -0.3 is 14.5 Å². The van der Waals surface area contributed by atoms with E-state index in [4.69, 9.17) is 4.74 Å². The fraction of sp³-hybridized carbons (Fsp3) is 0.524. The highest BCUT2D eigenvalue weighted by molar-refractivity contribution is 6.30. The Morgan fingerprint density at radius 3 is 2.30 bits per heavy atom. The molecule has 1 N–H and O–H groups in total. The molecule has 0 aromatic heterocycles. The molecule has 2 unspecified atom stereocenters. The van der Waals surface area contributed by atoms with Gasteiger partial charge in [-0.15, -0.1) is 0 Å². The lowest BCUT2D eigenvalue weighted by atomic mass is 9.93. The highest BCUT2D eigenvalue weighted by Crippen LogP contribution is 2.43. The molecule has 9 nitrogen and oxygen atoms in total. The van der Waals surface area contributed by atoms with Crippen LogP contribution in [0.4, 0.5) is 16.2 Å². The number of carbonyl (C=O) groups is 3. The SMILES string of the molecule is CCOC(=O)C(C)NC12C(=O)N(C)C(=O)N=C1N(C)c1cc(C)c(C)cc1N2CC. The van der Waals surface area contributed by atoms with Crippen LogP contribution < -0.4 is 15.1 Å². The van der Waals surface area contributed by atoms with Crippen LogP contribution in [0.1, 0.15) is 31.9 Å². The number of imide groups is 1. The van der Waals surface area contributed by atoms with Gasteiger partial charge in [-0.3, -0.25) is 19.8 Å². The van der Waals surface area contributed by atoms with E-state index in [2.05, 4.69) is 10.3 Å². The molecule has 0 radical (unpaired) electrons. The van der Waals surface area contributed by atoms with Gasteiger partial charge in [0, 0.05) is 20.6 Å². The summed E-state index contributed by atoms with van der Waals surface area (Å²) in [5.41, 5.74) is 2.30. The Morgan fingerprint density at radius 1 is 1.13 bits per heavy atom. The highest BCUT2D eigenvalue weighted by atomic mass is 16.5. The van der Waals surface area contributed by atoms with E-state index in [9.17, 15) is 14.4 Å². The van der Waals surface area contributed by atoms with Gasteiger partial charge in [-0.25, -0.2) is 4.79 Å². The number of anilines is 2. The molecule has 0 fully saturated rings. The molecule has 1 aromatic carbocycles. The van der Waals surface area contributed by atoms with E-state index < -0.39 is 29.6 Å². The number of rotatable bonds is 5. The van der Waals surface area contributed by atoms with E-state index in [1.807, 2.05) is 37.8 Å². The number of urea groups is 1. The average Bonchev–Trinajstić information content (AvgIpc) is 2.70. The van der Waals surface area contributed by atoms with E-state index in [1.54, 1.807) is 25.8 Å². The van der Waals surface area contributed by atoms with E-state index >= 15 is 0 Å². The highest BCUT2D eigenvalue weighted by Gasteiger charge is 2.59. The standard InChI is InChI=1S/C21H29N5O4/c1-8-26-16-11-13(4)12(3)10-15(16)24(6)18-21(26,19(28)25(7)20(29)22-18)23-14(5)17(27)30-9-2/h10-11,14,23H,8-9H2,1-7H3. The number of aryl methyl sites for hydroxylation is 2. The molecule has 2 aliphatic heterocycles. The monoisotopic (exact) mass is 415 g/mol. The zero-order valence-electron chi connectivity index (χ0n) is 18.6. The Labute approximate surface area is 176 Å². The van der Waals surface area contributed by atoms with E-state index in [0.717, 1.165) is 27.4 Å². The summed E-state index contributed by atoms with van der Waals surface area (Å²) in [6.45, 7) is 9.97. The molecule has 1 aromatic rings. The number of amides is 3. The average molecular weight is 415 g/mol. The molecular weight excluding hydrogens is 386 g/mol. The minimum absolute atomic E-state index is 0.226. The molecule has 0 spiro atoms. The Hall–Kier alpha value is -2.94. The number of esters is 1. The van der Waals surface area contributed by atoms with Crippen molar-refractivity contribution in [2.24, 2.45) is 4.99 Å². The minimum atomic E-state index is -1.52. The summed E-state index contributed by atoms with van der Waals surface area (Å²) >= 11 is 0. The summed E-state index contributed by atoms with van der Waals surface area (Å²) in [5.74, 6) is -0.737. The molecule has 2 aliphatic rings. The quantitative estimate of drug-likeness (QED) is 0.733. The van der Waals surface area contributed by atoms with Crippen molar-refractivity contribution >= 4 is 35.1 Å². The smallest absolute Gasteiger partial charge is 0.351 e. The first-order valence-corrected chi connectivity index (χ1v) is 10.1. The van der Waals surface area contributed by atoms with Crippen LogP contribution in [0.5, 0.6) is 0 Å². The molecule has 3 amide bonds. The van der Waals surface area contributed by atoms with Crippen molar-refractivity contribution in [3.8, 4) is 0 Å². The maximum atomic E-state index is 13.6. The summed E-state index contributed by atoms with van der Waals surface area (Å²) in [5, 5.41) is 3.16. The number of benzene rings is 1. The Morgan fingerprint density at radius 2 is 1.73 bits per heavy atom. The maximum Gasteiger partial charge on any atom is 0.351 e. The molecule has 162 valence electrons. The maximum absolute atomic E-state index is 13.6. The third-order valence-corrected chi connectivity index (χ3v) is 5.77. The van der Waals surface area contributed by atoms with Crippen LogP contribution in [0.3, 0.4) is 0 Å². The van der Waals surface area contributed by atoms with E-state index in [0.29, 0.717) is 6.54 Å². The lowest BCUT2D eigenvalue weighted by Gasteiger charge is -2.53. The first-order valence-electron chi connectivity index (χ1n) is 10.1. The van der Waals surface area contributed by atoms with Crippen LogP contribution in [-0.2, 0) is 14.3 Å². The van der Waals surface area contributed by atoms with Gasteiger partial charge in [0.2, 0.25) is 5.66 Å². The molecule has 3 rings (SSSR count). The molecular formula is C21H29N5O4. The third-order valence-electron chi connectivity index (χ3n) is 5.77. The van der Waals surface area contributed by atoms with Crippen molar-refractivity contribution in [2.75, 3.05) is 37.0 Å². The van der Waals surface area contributed by atoms with E-state index in [-0.39, 0.29) is 12.4 Å². The summed E-state index contributed by atoms with van der Waals surface area (Å²) in [6.07, 6.45) is 0. The second-order valence-electron chi connectivity index (χ2n) is 7.64. The second-order valence-corrected chi connectivity index (χ2v) is 7.64. The van der Waals surface area contributed by atoms with E-state index in [1.165, 1.54) is 7.05 Å². The first kappa shape index (κ1) is 21.8. The molecule has 0 saturated carbocycles. The number of aliphatic imine (C=N–C) groups is 1. The Kier molecular flexibility index (Phi) is 5.60. The van der Waals surface area contributed by atoms with Crippen molar-refractivity contribution in [2.45, 2.75) is 46.3 Å². The van der Waals surface area contributed by atoms with Gasteiger partial charge in [0.15, 0.2) is 5.84 Å². The van der Waals surface area contributed by atoms with Gasteiger partial charge >= 0.3 is 12.0 Å². The zero-order valence-corrected chi connectivity index (χ0v) is 18.6. The fourth-order valence-electron chi connectivity index (χ4n) is 4.04. The van der Waals surface area contributed by atoms with Crippen LogP contribution in [0.2, 0.25) is 0 Å². The van der Waals surface area contributed by atoms with Gasteiger partial charge in [-0.05, 0) is 57.9 Å². The van der Waals surface area contributed by atoms with Crippen LogP contribution in [-0.4, -0.2) is 67.6 Å². The second kappa shape index (κ2) is 7.71. The predicted octanol–water partition coefficient (Wildman–Crippen LogP) is 1.81. The zero-order chi connectivity index (χ0) is 22.4. The van der Waals surface area contributed by atoms with Crippen molar-refractivity contribution in [1.29, 1.82) is 0 Å². The van der Waals surface area contributed by atoms with Crippen molar-refractivity contribution in [1.82, 2.24) is 10.2 Å². The number of nitrogens with zero attached hydrogens (tertiary/aromatic N) is 4. The number of ether oxygens (including phenoxy) is 1. The molecule has 0 bridgehead atoms. The number of amidine groups is 1. The number of fused-ring (bicyclic) bond motifs is 2. The summed E-state index contributed by atoms with van der Waals surface area (Å²) in [4.78, 5) is 47.3. The van der Waals surface area contributed by atoms with Crippen LogP contribution in [0.15, 0.2) is 17.1 Å². The summed E-state index contributed by atoms with van der Waals surface area (Å²) < 4.78 is 5.14. The largest absolute Gasteiger partial charge is 0.465 e. The normalized spacial score (nSPS) is 21.8. The predicted molar refractivity (Wildman–Crippen MR) is 115 cm³/mol. The van der Waals surface area contributed by atoms with Crippen molar-refractivity contribution in [3.05, 3.63) is 23.3 Å². The number of nitrogens with one attached hydrogen (secondary N) is 1. The van der Waals surface area contributed by atoms with Gasteiger partial charge in [-0.1, -0.05) is 0 Å². The third kappa shape index (κ3) is 3.04. The van der Waals surface area contributed by atoms with Crippen LogP contribution in [0, 0.1) is 13.8 Å². The van der Waals surface area contributed by atoms with Gasteiger partial charge in [0.25, 0.3) is 5.91 Å². The number of carbonyl (C=O) groups excluding carboxylic acids is 3. The van der Waals surface area contributed by atoms with Crippen molar-refractivity contribution < 1.29 is 19.1 Å². The summed E-state index contributed by atoms with van der Waals surface area (Å²) in [6, 6.07) is 2.58.